The molecule has 1 aliphatic heterocycles. The van der Waals surface area contributed by atoms with Crippen molar-refractivity contribution in [3.8, 4) is 11.3 Å². The van der Waals surface area contributed by atoms with Gasteiger partial charge in [-0.15, -0.1) is 0 Å². The maximum Gasteiger partial charge on any atom is 0.255 e. The third kappa shape index (κ3) is 4.26. The topological polar surface area (TPSA) is 104 Å². The van der Waals surface area contributed by atoms with Gasteiger partial charge in [0.2, 0.25) is 10.0 Å². The fourth-order valence-electron chi connectivity index (χ4n) is 2.74. The highest BCUT2D eigenvalue weighted by atomic mass is 32.2. The summed E-state index contributed by atoms with van der Waals surface area (Å²) in [6.07, 6.45) is 2.07. The number of hydrogen-bond donors (Lipinski definition) is 2. The molecule has 1 amide bonds. The zero-order valence-corrected chi connectivity index (χ0v) is 14.9. The molecule has 1 saturated heterocycles. The fourth-order valence-corrected chi connectivity index (χ4v) is 3.58. The van der Waals surface area contributed by atoms with E-state index in [2.05, 4.69) is 15.5 Å². The number of hydrogen-bond acceptors (Lipinski definition) is 5. The second kappa shape index (κ2) is 7.52. The van der Waals surface area contributed by atoms with Crippen molar-refractivity contribution in [2.45, 2.75) is 6.10 Å². The average Bonchev–Trinajstić information content (AvgIpc) is 3.09. The molecule has 0 bridgehead atoms. The molecule has 1 atom stereocenters. The van der Waals surface area contributed by atoms with Crippen molar-refractivity contribution >= 4 is 15.9 Å². The lowest BCUT2D eigenvalue weighted by Crippen LogP contribution is -2.49. The van der Waals surface area contributed by atoms with Gasteiger partial charge >= 0.3 is 0 Å². The van der Waals surface area contributed by atoms with Crippen molar-refractivity contribution in [1.82, 2.24) is 19.8 Å². The number of aromatic amines is 1. The van der Waals surface area contributed by atoms with E-state index in [0.29, 0.717) is 17.8 Å². The number of carbonyl (C=O) groups excluding carboxylic acids is 1. The molecule has 1 aromatic carbocycles. The van der Waals surface area contributed by atoms with E-state index in [1.807, 2.05) is 0 Å². The normalized spacial score (nSPS) is 18.6. The number of amides is 1. The van der Waals surface area contributed by atoms with Crippen molar-refractivity contribution in [3.05, 3.63) is 41.8 Å². The molecule has 0 radical (unpaired) electrons. The van der Waals surface area contributed by atoms with E-state index in [-0.39, 0.29) is 25.3 Å². The van der Waals surface area contributed by atoms with Crippen molar-refractivity contribution in [2.75, 3.05) is 32.5 Å². The van der Waals surface area contributed by atoms with Gasteiger partial charge in [0, 0.05) is 25.2 Å². The summed E-state index contributed by atoms with van der Waals surface area (Å²) in [6, 6.07) is 5.83. The van der Waals surface area contributed by atoms with Gasteiger partial charge in [-0.1, -0.05) is 12.1 Å². The third-order valence-electron chi connectivity index (χ3n) is 4.06. The third-order valence-corrected chi connectivity index (χ3v) is 5.33. The van der Waals surface area contributed by atoms with Gasteiger partial charge in [0.05, 0.1) is 36.4 Å². The molecule has 26 heavy (non-hydrogen) atoms. The molecule has 2 aromatic rings. The summed E-state index contributed by atoms with van der Waals surface area (Å²) in [5.41, 5.74) is 1.18. The summed E-state index contributed by atoms with van der Waals surface area (Å²) in [5, 5.41) is 9.27. The summed E-state index contributed by atoms with van der Waals surface area (Å²) >= 11 is 0. The minimum Gasteiger partial charge on any atom is -0.374 e. The Balaban J connectivity index is 1.66. The van der Waals surface area contributed by atoms with Crippen LogP contribution in [0.25, 0.3) is 11.3 Å². The lowest BCUT2D eigenvalue weighted by atomic mass is 10.1. The average molecular weight is 382 g/mol. The van der Waals surface area contributed by atoms with Crippen LogP contribution in [0, 0.1) is 5.82 Å². The summed E-state index contributed by atoms with van der Waals surface area (Å²) in [6.45, 7) is 0.905. The minimum atomic E-state index is -3.30. The lowest BCUT2D eigenvalue weighted by Gasteiger charge is -2.31. The molecule has 1 fully saturated rings. The van der Waals surface area contributed by atoms with E-state index in [9.17, 15) is 17.6 Å². The first-order chi connectivity index (χ1) is 12.3. The Labute approximate surface area is 150 Å². The molecular formula is C16H19FN4O4S. The van der Waals surface area contributed by atoms with Crippen molar-refractivity contribution < 1.29 is 22.3 Å². The molecule has 1 aliphatic rings. The fraction of sp³-hybridized carbons (Fsp3) is 0.375. The van der Waals surface area contributed by atoms with E-state index in [4.69, 9.17) is 4.74 Å². The number of rotatable bonds is 5. The van der Waals surface area contributed by atoms with Gasteiger partial charge in [-0.2, -0.15) is 9.40 Å². The van der Waals surface area contributed by atoms with Crippen LogP contribution in [0.3, 0.4) is 0 Å². The Bertz CT molecular complexity index is 899. The molecule has 3 rings (SSSR count). The molecule has 0 saturated carbocycles. The van der Waals surface area contributed by atoms with Crippen LogP contribution >= 0.6 is 0 Å². The second-order valence-electron chi connectivity index (χ2n) is 5.99. The standard InChI is InChI=1S/C16H19FN4O4S/c1-26(23,24)21-5-6-25-13(10-21)8-18-16(22)14-9-19-20-15(14)11-3-2-4-12(17)7-11/h2-4,7,9,13H,5-6,8,10H2,1H3,(H,18,22)(H,19,20). The van der Waals surface area contributed by atoms with Crippen LogP contribution in [0.4, 0.5) is 4.39 Å². The van der Waals surface area contributed by atoms with Gasteiger partial charge in [-0.25, -0.2) is 12.8 Å². The Morgan fingerprint density at radius 2 is 2.31 bits per heavy atom. The Kier molecular flexibility index (Phi) is 5.35. The largest absolute Gasteiger partial charge is 0.374 e. The van der Waals surface area contributed by atoms with Gasteiger partial charge in [0.1, 0.15) is 5.82 Å². The Morgan fingerprint density at radius 1 is 1.50 bits per heavy atom. The van der Waals surface area contributed by atoms with E-state index in [0.717, 1.165) is 6.26 Å². The SMILES string of the molecule is CS(=O)(=O)N1CCOC(CNC(=O)c2cn[nH]c2-c2cccc(F)c2)C1. The number of H-pyrrole nitrogens is 1. The van der Waals surface area contributed by atoms with Crippen molar-refractivity contribution in [1.29, 1.82) is 0 Å². The highest BCUT2D eigenvalue weighted by Crippen LogP contribution is 2.21. The highest BCUT2D eigenvalue weighted by molar-refractivity contribution is 7.88. The summed E-state index contributed by atoms with van der Waals surface area (Å²) < 4.78 is 43.5. The lowest BCUT2D eigenvalue weighted by molar-refractivity contribution is 0.000442. The zero-order valence-electron chi connectivity index (χ0n) is 14.1. The molecule has 10 heteroatoms. The Hall–Kier alpha value is -2.30. The number of aromatic nitrogens is 2. The number of nitrogens with zero attached hydrogens (tertiary/aromatic N) is 2. The first-order valence-electron chi connectivity index (χ1n) is 7.99. The number of carbonyl (C=O) groups is 1. The summed E-state index contributed by atoms with van der Waals surface area (Å²) in [5.74, 6) is -0.821. The van der Waals surface area contributed by atoms with Crippen LogP contribution < -0.4 is 5.32 Å². The molecule has 1 aromatic heterocycles. The van der Waals surface area contributed by atoms with Crippen LogP contribution in [-0.2, 0) is 14.8 Å². The minimum absolute atomic E-state index is 0.151. The second-order valence-corrected chi connectivity index (χ2v) is 7.98. The molecule has 8 nitrogen and oxygen atoms in total. The highest BCUT2D eigenvalue weighted by Gasteiger charge is 2.27. The number of benzene rings is 1. The molecule has 2 heterocycles. The smallest absolute Gasteiger partial charge is 0.255 e. The van der Waals surface area contributed by atoms with Gasteiger partial charge in [-0.3, -0.25) is 9.89 Å². The van der Waals surface area contributed by atoms with Crippen LogP contribution in [0.15, 0.2) is 30.5 Å². The van der Waals surface area contributed by atoms with E-state index >= 15 is 0 Å². The van der Waals surface area contributed by atoms with Crippen LogP contribution in [-0.4, -0.2) is 67.4 Å². The van der Waals surface area contributed by atoms with Crippen molar-refractivity contribution in [2.24, 2.45) is 0 Å². The molecule has 2 N–H and O–H groups in total. The monoisotopic (exact) mass is 382 g/mol. The molecule has 1 unspecified atom stereocenters. The summed E-state index contributed by atoms with van der Waals surface area (Å²) in [4.78, 5) is 12.5. The quantitative estimate of drug-likeness (QED) is 0.788. The van der Waals surface area contributed by atoms with Gasteiger partial charge in [0.15, 0.2) is 0 Å². The van der Waals surface area contributed by atoms with Gasteiger partial charge in [-0.05, 0) is 12.1 Å². The predicted octanol–water partition coefficient (Wildman–Crippen LogP) is 0.606. The number of sulfonamides is 1. The first kappa shape index (κ1) is 18.5. The zero-order chi connectivity index (χ0) is 18.7. The molecule has 0 spiro atoms. The predicted molar refractivity (Wildman–Crippen MR) is 92.5 cm³/mol. The van der Waals surface area contributed by atoms with E-state index < -0.39 is 27.9 Å². The maximum atomic E-state index is 13.4. The number of ether oxygens (including phenoxy) is 1. The van der Waals surface area contributed by atoms with E-state index in [1.165, 1.54) is 22.6 Å². The maximum absolute atomic E-state index is 13.4. The van der Waals surface area contributed by atoms with Crippen LogP contribution in [0.2, 0.25) is 0 Å². The van der Waals surface area contributed by atoms with Crippen LogP contribution in [0.5, 0.6) is 0 Å². The molecule has 0 aliphatic carbocycles. The first-order valence-corrected chi connectivity index (χ1v) is 9.83. The van der Waals surface area contributed by atoms with Crippen molar-refractivity contribution in [3.63, 3.8) is 0 Å². The number of morpholine rings is 1. The Morgan fingerprint density at radius 3 is 3.04 bits per heavy atom. The van der Waals surface area contributed by atoms with E-state index in [1.54, 1.807) is 12.1 Å². The number of nitrogens with one attached hydrogen (secondary N) is 2. The molecule has 140 valence electrons. The molecular weight excluding hydrogens is 363 g/mol. The van der Waals surface area contributed by atoms with Crippen LogP contribution in [0.1, 0.15) is 10.4 Å². The van der Waals surface area contributed by atoms with Gasteiger partial charge in [0.25, 0.3) is 5.91 Å². The number of halogens is 1. The summed E-state index contributed by atoms with van der Waals surface area (Å²) in [7, 11) is -3.30. The van der Waals surface area contributed by atoms with Gasteiger partial charge < -0.3 is 10.1 Å².